The van der Waals surface area contributed by atoms with E-state index in [1.165, 1.54) is 0 Å². The van der Waals surface area contributed by atoms with Crippen molar-refractivity contribution in [3.8, 4) is 0 Å². The van der Waals surface area contributed by atoms with Crippen LogP contribution in [0.2, 0.25) is 0 Å². The number of hydrogen-bond acceptors (Lipinski definition) is 3. The Morgan fingerprint density at radius 1 is 1.47 bits per heavy atom. The number of primary amides is 1. The second kappa shape index (κ2) is 6.17. The van der Waals surface area contributed by atoms with Gasteiger partial charge in [0.15, 0.2) is 0 Å². The summed E-state index contributed by atoms with van der Waals surface area (Å²) in [7, 11) is 0. The topological polar surface area (TPSA) is 66.6 Å². The van der Waals surface area contributed by atoms with Crippen molar-refractivity contribution < 1.29 is 9.90 Å². The van der Waals surface area contributed by atoms with Gasteiger partial charge in [-0.25, -0.2) is 0 Å². The van der Waals surface area contributed by atoms with E-state index in [-0.39, 0.29) is 24.1 Å². The van der Waals surface area contributed by atoms with Gasteiger partial charge in [0.2, 0.25) is 5.91 Å². The molecule has 1 amide bonds. The number of amides is 1. The number of aliphatic hydroxyl groups excluding tert-OH is 1. The lowest BCUT2D eigenvalue weighted by molar-refractivity contribution is -0.124. The second-order valence-corrected chi connectivity index (χ2v) is 5.33. The lowest BCUT2D eigenvalue weighted by atomic mass is 10.0. The molecule has 1 aliphatic rings. The number of carbonyl (C=O) groups excluding carboxylic acids is 1. The molecule has 0 saturated carbocycles. The minimum absolute atomic E-state index is 0.234. The van der Waals surface area contributed by atoms with Crippen molar-refractivity contribution in [2.75, 3.05) is 6.54 Å². The maximum atomic E-state index is 11.8. The van der Waals surface area contributed by atoms with Gasteiger partial charge in [-0.1, -0.05) is 30.3 Å². The summed E-state index contributed by atoms with van der Waals surface area (Å²) < 4.78 is 0. The first kappa shape index (κ1) is 14.0. The molecule has 1 saturated heterocycles. The first-order valence-corrected chi connectivity index (χ1v) is 6.87. The van der Waals surface area contributed by atoms with E-state index in [0.29, 0.717) is 6.42 Å². The second-order valence-electron chi connectivity index (χ2n) is 5.33. The molecule has 0 spiro atoms. The van der Waals surface area contributed by atoms with Gasteiger partial charge in [-0.2, -0.15) is 0 Å². The standard InChI is InChI=1S/C15H22N2O2/c1-11(18)10-13-8-5-9-17(13)14(15(16)19)12-6-3-2-4-7-12/h2-4,6-7,11,13-14,18H,5,8-10H2,1H3,(H2,16,19). The fraction of sp³-hybridized carbons (Fsp3) is 0.533. The average Bonchev–Trinajstić information content (AvgIpc) is 2.78. The monoisotopic (exact) mass is 262 g/mol. The lowest BCUT2D eigenvalue weighted by Gasteiger charge is -2.32. The predicted octanol–water partition coefficient (Wildman–Crippen LogP) is 1.45. The summed E-state index contributed by atoms with van der Waals surface area (Å²) in [5.74, 6) is -0.316. The molecule has 3 unspecified atom stereocenters. The summed E-state index contributed by atoms with van der Waals surface area (Å²) in [6.07, 6.45) is 2.40. The van der Waals surface area contributed by atoms with Crippen LogP contribution in [0, 0.1) is 0 Å². The molecule has 3 atom stereocenters. The van der Waals surface area contributed by atoms with Gasteiger partial charge in [0.05, 0.1) is 6.10 Å². The highest BCUT2D eigenvalue weighted by molar-refractivity contribution is 5.81. The third-order valence-electron chi connectivity index (χ3n) is 3.75. The number of nitrogens with zero attached hydrogens (tertiary/aromatic N) is 1. The summed E-state index contributed by atoms with van der Waals surface area (Å²) in [5, 5.41) is 9.58. The highest BCUT2D eigenvalue weighted by Gasteiger charge is 2.34. The Hall–Kier alpha value is -1.39. The Morgan fingerprint density at radius 2 is 2.16 bits per heavy atom. The Balaban J connectivity index is 2.22. The van der Waals surface area contributed by atoms with Crippen LogP contribution in [0.4, 0.5) is 0 Å². The van der Waals surface area contributed by atoms with Gasteiger partial charge in [0.25, 0.3) is 0 Å². The fourth-order valence-electron chi connectivity index (χ4n) is 3.00. The van der Waals surface area contributed by atoms with Crippen molar-refractivity contribution in [3.63, 3.8) is 0 Å². The summed E-state index contributed by atoms with van der Waals surface area (Å²) >= 11 is 0. The maximum Gasteiger partial charge on any atom is 0.239 e. The van der Waals surface area contributed by atoms with Gasteiger partial charge in [0.1, 0.15) is 6.04 Å². The molecule has 2 rings (SSSR count). The molecule has 1 aromatic carbocycles. The molecule has 1 fully saturated rings. The van der Waals surface area contributed by atoms with E-state index in [1.54, 1.807) is 6.92 Å². The first-order chi connectivity index (χ1) is 9.09. The van der Waals surface area contributed by atoms with E-state index in [9.17, 15) is 9.90 Å². The number of aliphatic hydroxyl groups is 1. The first-order valence-electron chi connectivity index (χ1n) is 6.87. The van der Waals surface area contributed by atoms with E-state index in [0.717, 1.165) is 24.9 Å². The van der Waals surface area contributed by atoms with E-state index >= 15 is 0 Å². The van der Waals surface area contributed by atoms with Crippen molar-refractivity contribution >= 4 is 5.91 Å². The smallest absolute Gasteiger partial charge is 0.239 e. The zero-order valence-corrected chi connectivity index (χ0v) is 11.3. The van der Waals surface area contributed by atoms with Gasteiger partial charge in [-0.05, 0) is 38.3 Å². The minimum Gasteiger partial charge on any atom is -0.393 e. The molecule has 0 bridgehead atoms. The van der Waals surface area contributed by atoms with Crippen molar-refractivity contribution in [2.24, 2.45) is 5.73 Å². The highest BCUT2D eigenvalue weighted by Crippen LogP contribution is 2.31. The number of carbonyl (C=O) groups is 1. The molecule has 4 nitrogen and oxygen atoms in total. The molecule has 0 aliphatic carbocycles. The normalized spacial score (nSPS) is 23.2. The minimum atomic E-state index is -0.382. The van der Waals surface area contributed by atoms with Gasteiger partial charge >= 0.3 is 0 Å². The van der Waals surface area contributed by atoms with Crippen molar-refractivity contribution in [3.05, 3.63) is 35.9 Å². The molecule has 1 heterocycles. The van der Waals surface area contributed by atoms with Crippen LogP contribution in [-0.4, -0.2) is 34.6 Å². The van der Waals surface area contributed by atoms with Crippen LogP contribution in [0.25, 0.3) is 0 Å². The lowest BCUT2D eigenvalue weighted by Crippen LogP contribution is -2.41. The largest absolute Gasteiger partial charge is 0.393 e. The van der Waals surface area contributed by atoms with Crippen LogP contribution in [0.5, 0.6) is 0 Å². The van der Waals surface area contributed by atoms with Crippen molar-refractivity contribution in [2.45, 2.75) is 44.4 Å². The van der Waals surface area contributed by atoms with Crippen molar-refractivity contribution in [1.29, 1.82) is 0 Å². The molecule has 1 aromatic rings. The van der Waals surface area contributed by atoms with Crippen molar-refractivity contribution in [1.82, 2.24) is 4.90 Å². The van der Waals surface area contributed by atoms with E-state index < -0.39 is 0 Å². The van der Waals surface area contributed by atoms with Crippen LogP contribution in [-0.2, 0) is 4.79 Å². The van der Waals surface area contributed by atoms with Gasteiger partial charge in [-0.15, -0.1) is 0 Å². The Bertz CT molecular complexity index is 419. The molecule has 3 N–H and O–H groups in total. The van der Waals surface area contributed by atoms with Crippen LogP contribution in [0.15, 0.2) is 30.3 Å². The zero-order valence-electron chi connectivity index (χ0n) is 11.3. The summed E-state index contributed by atoms with van der Waals surface area (Å²) in [6.45, 7) is 2.65. The molecular weight excluding hydrogens is 240 g/mol. The third-order valence-corrected chi connectivity index (χ3v) is 3.75. The molecule has 0 radical (unpaired) electrons. The van der Waals surface area contributed by atoms with E-state index in [2.05, 4.69) is 4.90 Å². The number of nitrogens with two attached hydrogens (primary N) is 1. The Labute approximate surface area is 114 Å². The van der Waals surface area contributed by atoms with Gasteiger partial charge in [-0.3, -0.25) is 9.69 Å². The molecule has 104 valence electrons. The summed E-state index contributed by atoms with van der Waals surface area (Å²) in [4.78, 5) is 14.0. The predicted molar refractivity (Wildman–Crippen MR) is 74.4 cm³/mol. The number of rotatable bonds is 5. The number of likely N-dealkylation sites (tertiary alicyclic amines) is 1. The van der Waals surface area contributed by atoms with Gasteiger partial charge < -0.3 is 10.8 Å². The molecule has 4 heteroatoms. The summed E-state index contributed by atoms with van der Waals surface area (Å²) in [5.41, 5.74) is 6.54. The Kier molecular flexibility index (Phi) is 4.56. The van der Waals surface area contributed by atoms with Crippen LogP contribution >= 0.6 is 0 Å². The number of benzene rings is 1. The average molecular weight is 262 g/mol. The fourth-order valence-corrected chi connectivity index (χ4v) is 3.00. The third kappa shape index (κ3) is 3.33. The van der Waals surface area contributed by atoms with E-state index in [4.69, 9.17) is 5.73 Å². The van der Waals surface area contributed by atoms with E-state index in [1.807, 2.05) is 30.3 Å². The quantitative estimate of drug-likeness (QED) is 0.844. The van der Waals surface area contributed by atoms with Crippen LogP contribution < -0.4 is 5.73 Å². The molecule has 19 heavy (non-hydrogen) atoms. The summed E-state index contributed by atoms with van der Waals surface area (Å²) in [6, 6.07) is 9.50. The maximum absolute atomic E-state index is 11.8. The zero-order chi connectivity index (χ0) is 13.8. The number of hydrogen-bond donors (Lipinski definition) is 2. The molecular formula is C15H22N2O2. The highest BCUT2D eigenvalue weighted by atomic mass is 16.3. The molecule has 1 aliphatic heterocycles. The van der Waals surface area contributed by atoms with Gasteiger partial charge in [0, 0.05) is 6.04 Å². The van der Waals surface area contributed by atoms with Crippen LogP contribution in [0.1, 0.15) is 37.8 Å². The molecule has 0 aromatic heterocycles. The van der Waals surface area contributed by atoms with Crippen LogP contribution in [0.3, 0.4) is 0 Å². The SMILES string of the molecule is CC(O)CC1CCCN1C(C(N)=O)c1ccccc1. The Morgan fingerprint density at radius 3 is 2.74 bits per heavy atom.